The number of amides is 18. The summed E-state index contributed by atoms with van der Waals surface area (Å²) < 4.78 is 46.3. The molecule has 0 spiro atoms. The number of esters is 2. The summed E-state index contributed by atoms with van der Waals surface area (Å²) >= 11 is 0. The fraction of sp³-hybridized carbons (Fsp3) is 0.582. The molecular weight excluding hydrogens is 1850 g/mol. The molecule has 13 atom stereocenters. The first kappa shape index (κ1) is 122. The molecule has 0 aromatic heterocycles. The van der Waals surface area contributed by atoms with Gasteiger partial charge in [-0.1, -0.05) is 166 Å². The standard InChI is InChI=1S/2C18H24N2O4.C14H17N3O3.C13H16N2O2.C7H11N3O6S.2C7H11N3O3.CO2.6CH4.H3N.Na.H2/c2*1-18(2,3)24-16(21)15-10-9-14-11-19(15)17(22)20(14)23-12-13-7-5-4-6-8-13;15-13(18)12-7-6-11-8-16(12)14(19)17(11)20-9-10-4-2-1-3-5-10;16-13-14-8-4-7-12(9-14)15(13)17-10-11-5-2-1-3-6-11;8-6(11)5-2-1-4-3-9(5)7(12)10(4)16-17(13,14)15;2*8-6(11)5-2-1-4-3-9(5)7(12)10(4)13;2-1-3;;;;;;;;;/h2*4-8,14-15H,9-12H2,1-3H3;1-5,11-12H,6-9H2,(H2,15,18);1-3,5-6,12H,4,7-10H2;4-5H,1-3H2,(H2,8,11)(H,13,14,15);2*4-5,13H,1-3H2,(H2,8,11);;6*1H4;1H3;;1H/q;;;;;;;;;;;;;;;+1;/p-1/t2*14-,15+;11-,12+;12-;3*4-,5+;;;;;;;;;;/m0010110........../s1. The minimum atomic E-state index is -5.00. The van der Waals surface area contributed by atoms with Crippen LogP contribution < -0.4 is 58.6 Å². The second kappa shape index (κ2) is 53.8. The fourth-order valence-corrected chi connectivity index (χ4v) is 18.0. The summed E-state index contributed by atoms with van der Waals surface area (Å²) in [5, 5.41) is 26.2. The van der Waals surface area contributed by atoms with E-state index in [1.807, 2.05) is 168 Å². The number of hydroxylamine groups is 14. The molecule has 770 valence electrons. The topological polar surface area (TPSA) is 603 Å². The monoisotopic (exact) mass is 1990 g/mol. The number of piperidine rings is 7. The maximum atomic E-state index is 12.6. The second-order valence-corrected chi connectivity index (χ2v) is 36.2. The van der Waals surface area contributed by atoms with Gasteiger partial charge in [0.2, 0.25) is 34.0 Å². The molecule has 14 saturated heterocycles. The quantitative estimate of drug-likeness (QED) is 0.0192. The van der Waals surface area contributed by atoms with Crippen LogP contribution in [0.5, 0.6) is 0 Å². The molecule has 46 nitrogen and oxygen atoms in total. The summed E-state index contributed by atoms with van der Waals surface area (Å²) in [6.45, 7) is 16.7. The van der Waals surface area contributed by atoms with Crippen LogP contribution in [0.2, 0.25) is 0 Å². The molecule has 14 bridgehead atoms. The minimum absolute atomic E-state index is 0. The number of fused-ring (bicyclic) bond motifs is 14. The van der Waals surface area contributed by atoms with Crippen molar-refractivity contribution in [1.29, 1.82) is 0 Å². The van der Waals surface area contributed by atoms with Gasteiger partial charge in [-0.3, -0.25) is 48.9 Å². The zero-order chi connectivity index (χ0) is 95.1. The Hall–Kier alpha value is -11.4. The molecule has 0 radical (unpaired) electrons. The van der Waals surface area contributed by atoms with Crippen molar-refractivity contribution in [3.8, 4) is 0 Å². The van der Waals surface area contributed by atoms with E-state index < -0.39 is 106 Å². The average molecular weight is 1990 g/mol. The summed E-state index contributed by atoms with van der Waals surface area (Å²) in [4.78, 5) is 202. The molecule has 0 aliphatic carbocycles. The Bertz CT molecular complexity index is 4750. The van der Waals surface area contributed by atoms with Crippen molar-refractivity contribution in [3.63, 3.8) is 0 Å². The number of hydrogen-bond acceptors (Lipinski definition) is 28. The molecule has 0 unspecified atom stereocenters. The number of nitrogens with zero attached hydrogens (tertiary/aromatic N) is 14. The largest absolute Gasteiger partial charge is 1.00 e. The summed E-state index contributed by atoms with van der Waals surface area (Å²) in [6, 6.07) is 32.5. The maximum absolute atomic E-state index is 12.6. The number of urea groups is 7. The van der Waals surface area contributed by atoms with Crippen molar-refractivity contribution >= 4 is 94.3 Å². The van der Waals surface area contributed by atoms with E-state index in [0.29, 0.717) is 132 Å². The summed E-state index contributed by atoms with van der Waals surface area (Å²) in [6.07, 6.45) is 9.45. The van der Waals surface area contributed by atoms with E-state index in [0.717, 1.165) is 72.3 Å². The van der Waals surface area contributed by atoms with Crippen LogP contribution in [0.25, 0.3) is 0 Å². The first-order chi connectivity index (χ1) is 62.1. The number of carbonyl (C=O) groups is 13. The van der Waals surface area contributed by atoms with Crippen LogP contribution in [0.15, 0.2) is 121 Å². The zero-order valence-corrected chi connectivity index (χ0v) is 78.0. The Morgan fingerprint density at radius 2 is 0.590 bits per heavy atom. The number of rotatable bonds is 20. The number of primary amides is 4. The molecule has 0 saturated carbocycles. The fourth-order valence-electron chi connectivity index (χ4n) is 17.6. The van der Waals surface area contributed by atoms with Gasteiger partial charge in [-0.25, -0.2) is 61.7 Å². The second-order valence-electron chi connectivity index (χ2n) is 35.2. The van der Waals surface area contributed by atoms with Crippen molar-refractivity contribution < 1.29 is 159 Å². The van der Waals surface area contributed by atoms with Crippen molar-refractivity contribution in [2.75, 3.05) is 52.4 Å². The smallest absolute Gasteiger partial charge is 0.724 e. The Morgan fingerprint density at radius 1 is 0.367 bits per heavy atom. The third-order valence-electron chi connectivity index (χ3n) is 23.9. The molecule has 14 aliphatic rings. The number of hydrogen-bond donors (Lipinski definition) is 7. The van der Waals surface area contributed by atoms with Gasteiger partial charge in [0.1, 0.15) is 73.9 Å². The van der Waals surface area contributed by atoms with E-state index >= 15 is 0 Å². The third kappa shape index (κ3) is 31.0. The van der Waals surface area contributed by atoms with E-state index in [2.05, 4.69) is 4.28 Å². The number of carbonyl (C=O) groups excluding carboxylic acids is 15. The van der Waals surface area contributed by atoms with Gasteiger partial charge in [0, 0.05) is 53.8 Å². The van der Waals surface area contributed by atoms with E-state index in [4.69, 9.17) is 61.3 Å². The molecule has 139 heavy (non-hydrogen) atoms. The summed E-state index contributed by atoms with van der Waals surface area (Å²) in [7, 11) is -5.00. The Balaban J connectivity index is 0.000000549. The third-order valence-corrected chi connectivity index (χ3v) is 24.2. The van der Waals surface area contributed by atoms with Gasteiger partial charge in [0.05, 0.1) is 42.3 Å². The van der Waals surface area contributed by atoms with Crippen LogP contribution in [0.3, 0.4) is 0 Å². The molecular formula is C91H142N19NaO27S. The van der Waals surface area contributed by atoms with Crippen LogP contribution in [-0.4, -0.2) is 319 Å². The van der Waals surface area contributed by atoms with Crippen molar-refractivity contribution in [3.05, 3.63) is 144 Å². The van der Waals surface area contributed by atoms with Crippen LogP contribution in [0, 0.1) is 0 Å². The van der Waals surface area contributed by atoms with Gasteiger partial charge in [0.25, 0.3) is 0 Å². The van der Waals surface area contributed by atoms with Crippen LogP contribution in [-0.2, 0) is 108 Å². The normalized spacial score (nSPS) is 24.2. The van der Waals surface area contributed by atoms with Crippen LogP contribution >= 0.6 is 0 Å². The van der Waals surface area contributed by atoms with Gasteiger partial charge in [-0.05, 0) is 154 Å². The first-order valence-corrected chi connectivity index (χ1v) is 44.5. The Labute approximate surface area is 835 Å². The van der Waals surface area contributed by atoms with Crippen LogP contribution in [0.4, 0.5) is 33.6 Å². The predicted molar refractivity (Wildman–Crippen MR) is 497 cm³/mol. The van der Waals surface area contributed by atoms with Gasteiger partial charge in [-0.15, -0.1) is 0 Å². The first-order valence-electron chi connectivity index (χ1n) is 43.1. The molecule has 4 aromatic rings. The molecule has 18 amide bonds. The van der Waals surface area contributed by atoms with Crippen molar-refractivity contribution in [2.45, 2.75) is 292 Å². The number of ether oxygens (including phenoxy) is 2. The van der Waals surface area contributed by atoms with Crippen molar-refractivity contribution in [2.24, 2.45) is 22.9 Å². The predicted octanol–water partition coefficient (Wildman–Crippen LogP) is 5.38. The summed E-state index contributed by atoms with van der Waals surface area (Å²) in [5.41, 5.74) is 23.7. The Morgan fingerprint density at radius 3 is 0.849 bits per heavy atom. The number of nitrogens with two attached hydrogens (primary N) is 4. The van der Waals surface area contributed by atoms with Crippen LogP contribution in [0.1, 0.15) is 200 Å². The molecule has 14 fully saturated rings. The molecule has 14 aliphatic heterocycles. The van der Waals surface area contributed by atoms with Gasteiger partial charge < -0.3 is 77.4 Å². The molecule has 4 aromatic carbocycles. The summed E-state index contributed by atoms with van der Waals surface area (Å²) in [5.74, 6) is -2.77. The maximum Gasteiger partial charge on any atom is 1.00 e. The SMILES string of the molecule is C.C.C.C.C.C.CC(C)(C)OC(=O)[C@H]1CC[C@H]2CN1C(=O)N2OCc1ccccc1.CC(C)(C)OC(=O)[C@H]1CC[C@H]2CN1C(=O)N2OCc1ccccc1.N.NC(=O)[C@@H]1CC[C@@H]2CN1C(=O)N2O.NC(=O)[C@@H]1CC[C@@H]2CN1C(=O)N2OCc1ccccc1.NC(=O)[C@@H]1CC[C@@H]2CN1C(=O)N2OS(=O)(=O)[O-].NC(=O)[C@H]1CC[C@H]2CN1C(=O)N2O.O=C1N2CCC[C@@H](C2)N1OCc1ccccc1.O=C=O.[HH].[Na+]. The number of benzene rings is 4. The van der Waals surface area contributed by atoms with Gasteiger partial charge in [0.15, 0.2) is 0 Å². The van der Waals surface area contributed by atoms with Crippen molar-refractivity contribution in [1.82, 2.24) is 75.9 Å². The average Bonchev–Trinajstić information content (AvgIpc) is 1.63. The van der Waals surface area contributed by atoms with E-state index in [9.17, 15) is 85.7 Å². The molecule has 13 N–H and O–H groups in total. The van der Waals surface area contributed by atoms with E-state index in [1.54, 1.807) is 14.9 Å². The molecule has 18 rings (SSSR count). The Kier molecular flexibility index (Phi) is 47.1. The van der Waals surface area contributed by atoms with Gasteiger partial charge in [-0.2, -0.15) is 39.2 Å². The molecule has 14 heterocycles. The minimum Gasteiger partial charge on any atom is -0.724 e. The van der Waals surface area contributed by atoms with Gasteiger partial charge >= 0.3 is 89.9 Å². The van der Waals surface area contributed by atoms with E-state index in [-0.39, 0.29) is 167 Å². The van der Waals surface area contributed by atoms with E-state index in [1.165, 1.54) is 29.9 Å². The zero-order valence-electron chi connectivity index (χ0n) is 75.2. The molecule has 48 heteroatoms.